The van der Waals surface area contributed by atoms with Crippen LogP contribution in [0.1, 0.15) is 39.7 Å². The standard InChI is InChI=1S/C19H15FN4O4/c1-9-5-15(25)16(19(27)28-9)13-7-14(10-3-2-4-11(20)6-10)24-18(23-13)12(8-22-24)17(21)26/h2-6,8,14,25H,7H2,1H3,(H2,21,26)/t14-/m1/s1. The summed E-state index contributed by atoms with van der Waals surface area (Å²) in [6.45, 7) is 1.53. The summed E-state index contributed by atoms with van der Waals surface area (Å²) in [5.74, 6) is -1.11. The normalized spacial score (nSPS) is 15.8. The zero-order chi connectivity index (χ0) is 20.0. The fourth-order valence-corrected chi connectivity index (χ4v) is 3.30. The molecule has 1 aliphatic heterocycles. The fraction of sp³-hybridized carbons (Fsp3) is 0.158. The van der Waals surface area contributed by atoms with Crippen LogP contribution in [0.3, 0.4) is 0 Å². The van der Waals surface area contributed by atoms with Gasteiger partial charge in [-0.1, -0.05) is 12.1 Å². The van der Waals surface area contributed by atoms with Gasteiger partial charge in [-0.3, -0.25) is 4.79 Å². The van der Waals surface area contributed by atoms with Crippen LogP contribution < -0.4 is 11.4 Å². The largest absolute Gasteiger partial charge is 0.507 e. The lowest BCUT2D eigenvalue weighted by Crippen LogP contribution is -2.25. The van der Waals surface area contributed by atoms with Crippen LogP contribution in [0.4, 0.5) is 10.2 Å². The molecule has 0 saturated carbocycles. The molecule has 0 spiro atoms. The molecule has 142 valence electrons. The summed E-state index contributed by atoms with van der Waals surface area (Å²) in [5, 5.41) is 14.5. The number of primary amides is 1. The monoisotopic (exact) mass is 382 g/mol. The Balaban J connectivity index is 1.94. The number of carbonyl (C=O) groups excluding carboxylic acids is 1. The lowest BCUT2D eigenvalue weighted by atomic mass is 9.96. The third-order valence-corrected chi connectivity index (χ3v) is 4.53. The average Bonchev–Trinajstić information content (AvgIpc) is 3.04. The van der Waals surface area contributed by atoms with Gasteiger partial charge in [0.25, 0.3) is 5.91 Å². The summed E-state index contributed by atoms with van der Waals surface area (Å²) < 4.78 is 20.3. The van der Waals surface area contributed by atoms with Crippen LogP contribution in [0.2, 0.25) is 0 Å². The summed E-state index contributed by atoms with van der Waals surface area (Å²) in [5.41, 5.74) is 5.33. The van der Waals surface area contributed by atoms with Gasteiger partial charge >= 0.3 is 5.63 Å². The van der Waals surface area contributed by atoms with E-state index in [2.05, 4.69) is 10.1 Å². The molecule has 3 N–H and O–H groups in total. The second-order valence-electron chi connectivity index (χ2n) is 6.43. The van der Waals surface area contributed by atoms with Gasteiger partial charge in [-0.15, -0.1) is 0 Å². The third kappa shape index (κ3) is 2.86. The number of fused-ring (bicyclic) bond motifs is 1. The van der Waals surface area contributed by atoms with Gasteiger partial charge in [-0.2, -0.15) is 5.10 Å². The molecule has 0 bridgehead atoms. The minimum Gasteiger partial charge on any atom is -0.507 e. The number of nitrogens with two attached hydrogens (primary N) is 1. The molecule has 0 saturated heterocycles. The van der Waals surface area contributed by atoms with Crippen LogP contribution >= 0.6 is 0 Å². The quantitative estimate of drug-likeness (QED) is 0.719. The second kappa shape index (κ2) is 6.45. The van der Waals surface area contributed by atoms with Gasteiger partial charge in [0.05, 0.1) is 18.0 Å². The van der Waals surface area contributed by atoms with Crippen molar-refractivity contribution >= 4 is 17.4 Å². The summed E-state index contributed by atoms with van der Waals surface area (Å²) in [6, 6.07) is 6.62. The van der Waals surface area contributed by atoms with Crippen LogP contribution in [0, 0.1) is 12.7 Å². The summed E-state index contributed by atoms with van der Waals surface area (Å²) in [4.78, 5) is 28.5. The summed E-state index contributed by atoms with van der Waals surface area (Å²) >= 11 is 0. The molecular formula is C19H15FN4O4. The van der Waals surface area contributed by atoms with Crippen molar-refractivity contribution in [3.63, 3.8) is 0 Å². The van der Waals surface area contributed by atoms with E-state index in [9.17, 15) is 19.1 Å². The average molecular weight is 382 g/mol. The second-order valence-corrected chi connectivity index (χ2v) is 6.43. The molecule has 4 rings (SSSR count). The first-order valence-electron chi connectivity index (χ1n) is 8.39. The number of amides is 1. The maximum Gasteiger partial charge on any atom is 0.348 e. The smallest absolute Gasteiger partial charge is 0.348 e. The Labute approximate surface area is 157 Å². The highest BCUT2D eigenvalue weighted by atomic mass is 19.1. The highest BCUT2D eigenvalue weighted by Gasteiger charge is 2.31. The summed E-state index contributed by atoms with van der Waals surface area (Å²) in [7, 11) is 0. The summed E-state index contributed by atoms with van der Waals surface area (Å²) in [6.07, 6.45) is 1.39. The van der Waals surface area contributed by atoms with Crippen LogP contribution in [0.15, 0.2) is 50.7 Å². The number of aromatic hydroxyl groups is 1. The number of nitrogens with zero attached hydrogens (tertiary/aromatic N) is 3. The van der Waals surface area contributed by atoms with Gasteiger partial charge in [0.15, 0.2) is 5.82 Å². The molecule has 9 heteroatoms. The Morgan fingerprint density at radius 1 is 1.39 bits per heavy atom. The number of aliphatic imine (C=N–C) groups is 1. The van der Waals surface area contributed by atoms with Gasteiger partial charge < -0.3 is 15.3 Å². The SMILES string of the molecule is Cc1cc(O)c(C2=Nc3c(C(N)=O)cnn3[C@@H](c3cccc(F)c3)C2)c(=O)o1. The van der Waals surface area contributed by atoms with Gasteiger partial charge in [0.2, 0.25) is 0 Å². The molecule has 1 atom stereocenters. The molecule has 3 aromatic rings. The Hall–Kier alpha value is -3.75. The Morgan fingerprint density at radius 2 is 2.18 bits per heavy atom. The zero-order valence-electron chi connectivity index (χ0n) is 14.7. The van der Waals surface area contributed by atoms with Crippen molar-refractivity contribution in [1.82, 2.24) is 9.78 Å². The first-order chi connectivity index (χ1) is 13.3. The van der Waals surface area contributed by atoms with Gasteiger partial charge in [-0.25, -0.2) is 18.9 Å². The van der Waals surface area contributed by atoms with E-state index in [1.54, 1.807) is 12.1 Å². The molecule has 8 nitrogen and oxygen atoms in total. The van der Waals surface area contributed by atoms with Crippen LogP contribution in [0.25, 0.3) is 0 Å². The topological polar surface area (TPSA) is 124 Å². The Kier molecular flexibility index (Phi) is 4.07. The maximum absolute atomic E-state index is 13.8. The zero-order valence-corrected chi connectivity index (χ0v) is 14.7. The predicted octanol–water partition coefficient (Wildman–Crippen LogP) is 2.20. The van der Waals surface area contributed by atoms with Crippen molar-refractivity contribution in [3.8, 4) is 5.75 Å². The number of halogens is 1. The molecule has 28 heavy (non-hydrogen) atoms. The van der Waals surface area contributed by atoms with E-state index in [1.165, 1.54) is 36.0 Å². The van der Waals surface area contributed by atoms with Crippen molar-refractivity contribution in [3.05, 3.63) is 75.2 Å². The van der Waals surface area contributed by atoms with Gasteiger partial charge in [0, 0.05) is 12.5 Å². The predicted molar refractivity (Wildman–Crippen MR) is 97.5 cm³/mol. The molecule has 1 amide bonds. The molecule has 3 heterocycles. The van der Waals surface area contributed by atoms with E-state index in [0.29, 0.717) is 5.56 Å². The van der Waals surface area contributed by atoms with Crippen LogP contribution in [0.5, 0.6) is 5.75 Å². The molecule has 0 fully saturated rings. The molecule has 0 unspecified atom stereocenters. The minimum absolute atomic E-state index is 0.0505. The van der Waals surface area contributed by atoms with Crippen molar-refractivity contribution in [2.45, 2.75) is 19.4 Å². The van der Waals surface area contributed by atoms with Gasteiger partial charge in [0.1, 0.15) is 28.5 Å². The Morgan fingerprint density at radius 3 is 2.86 bits per heavy atom. The fourth-order valence-electron chi connectivity index (χ4n) is 3.30. The van der Waals surface area contributed by atoms with E-state index in [0.717, 1.165) is 0 Å². The number of aromatic nitrogens is 2. The number of hydrogen-bond acceptors (Lipinski definition) is 6. The molecule has 0 radical (unpaired) electrons. The number of hydrogen-bond donors (Lipinski definition) is 2. The first kappa shape index (κ1) is 17.7. The molecule has 1 aliphatic rings. The third-order valence-electron chi connectivity index (χ3n) is 4.53. The number of aryl methyl sites for hydroxylation is 1. The lowest BCUT2D eigenvalue weighted by Gasteiger charge is -2.25. The van der Waals surface area contributed by atoms with Crippen LogP contribution in [-0.4, -0.2) is 26.5 Å². The number of rotatable bonds is 3. The van der Waals surface area contributed by atoms with E-state index in [1.807, 2.05) is 0 Å². The van der Waals surface area contributed by atoms with Crippen LogP contribution in [-0.2, 0) is 0 Å². The molecule has 1 aromatic carbocycles. The van der Waals surface area contributed by atoms with E-state index < -0.39 is 23.4 Å². The van der Waals surface area contributed by atoms with Crippen molar-refractivity contribution < 1.29 is 18.7 Å². The molecule has 2 aromatic heterocycles. The molecule has 0 aliphatic carbocycles. The van der Waals surface area contributed by atoms with Crippen molar-refractivity contribution in [2.24, 2.45) is 10.7 Å². The highest BCUT2D eigenvalue weighted by molar-refractivity contribution is 6.06. The van der Waals surface area contributed by atoms with E-state index in [-0.39, 0.29) is 40.6 Å². The maximum atomic E-state index is 13.8. The molecular weight excluding hydrogens is 367 g/mol. The van der Waals surface area contributed by atoms with Crippen molar-refractivity contribution in [1.29, 1.82) is 0 Å². The van der Waals surface area contributed by atoms with E-state index in [4.69, 9.17) is 10.2 Å². The van der Waals surface area contributed by atoms with Crippen molar-refractivity contribution in [2.75, 3.05) is 0 Å². The minimum atomic E-state index is -0.761. The number of benzene rings is 1. The Bertz CT molecular complexity index is 1190. The van der Waals surface area contributed by atoms with Gasteiger partial charge in [-0.05, 0) is 24.6 Å². The lowest BCUT2D eigenvalue weighted by molar-refractivity contribution is 0.100. The highest BCUT2D eigenvalue weighted by Crippen LogP contribution is 2.36. The van der Waals surface area contributed by atoms with E-state index >= 15 is 0 Å². The first-order valence-corrected chi connectivity index (χ1v) is 8.39. The number of carbonyl (C=O) groups is 1.